The Labute approximate surface area is 99.2 Å². The lowest BCUT2D eigenvalue weighted by molar-refractivity contribution is -0.132. The second-order valence-electron chi connectivity index (χ2n) is 4.81. The van der Waals surface area contributed by atoms with Gasteiger partial charge in [-0.05, 0) is 36.8 Å². The molecule has 2 aliphatic carbocycles. The van der Waals surface area contributed by atoms with Crippen LogP contribution in [0.1, 0.15) is 24.8 Å². The summed E-state index contributed by atoms with van der Waals surface area (Å²) in [6.07, 6.45) is 1.59. The molecule has 0 amide bonds. The fourth-order valence-electron chi connectivity index (χ4n) is 3.05. The molecule has 3 heteroatoms. The lowest BCUT2D eigenvalue weighted by Gasteiger charge is -2.25. The minimum atomic E-state index is -0.796. The molecule has 0 bridgehead atoms. The lowest BCUT2D eigenvalue weighted by atomic mass is 9.80. The number of hydrogen-bond donors (Lipinski definition) is 1. The van der Waals surface area contributed by atoms with Crippen LogP contribution in [0.2, 0.25) is 5.02 Å². The summed E-state index contributed by atoms with van der Waals surface area (Å²) >= 11 is 6.15. The average Bonchev–Trinajstić information content (AvgIpc) is 3.01. The van der Waals surface area contributed by atoms with Gasteiger partial charge < -0.3 is 5.11 Å². The molecule has 84 valence electrons. The molecule has 0 radical (unpaired) electrons. The third-order valence-corrected chi connectivity index (χ3v) is 4.32. The Morgan fingerprint density at radius 2 is 2.06 bits per heavy atom. The van der Waals surface area contributed by atoms with Gasteiger partial charge in [0, 0.05) is 5.02 Å². The van der Waals surface area contributed by atoms with Gasteiger partial charge in [-0.15, -0.1) is 0 Å². The van der Waals surface area contributed by atoms with Crippen molar-refractivity contribution in [3.8, 4) is 0 Å². The monoisotopic (exact) mass is 236 g/mol. The quantitative estimate of drug-likeness (QED) is 0.813. The van der Waals surface area contributed by atoms with E-state index >= 15 is 0 Å². The zero-order valence-electron chi connectivity index (χ0n) is 8.82. The van der Waals surface area contributed by atoms with Crippen LogP contribution in [0.4, 0.5) is 0 Å². The number of fused-ring (bicyclic) bond motifs is 1. The molecule has 1 unspecified atom stereocenters. The summed E-state index contributed by atoms with van der Waals surface area (Å²) in [6.45, 7) is 0. The second-order valence-corrected chi connectivity index (χ2v) is 5.22. The van der Waals surface area contributed by atoms with E-state index in [0.717, 1.165) is 18.4 Å². The number of halogens is 1. The maximum absolute atomic E-state index is 12.1. The molecule has 2 saturated carbocycles. The van der Waals surface area contributed by atoms with E-state index in [9.17, 15) is 9.90 Å². The molecule has 3 atom stereocenters. The van der Waals surface area contributed by atoms with Crippen LogP contribution < -0.4 is 0 Å². The van der Waals surface area contributed by atoms with Crippen molar-refractivity contribution in [3.63, 3.8) is 0 Å². The summed E-state index contributed by atoms with van der Waals surface area (Å²) in [5.74, 6) is 0.361. The highest BCUT2D eigenvalue weighted by Crippen LogP contribution is 2.61. The van der Waals surface area contributed by atoms with Gasteiger partial charge in [0.2, 0.25) is 0 Å². The van der Waals surface area contributed by atoms with Crippen LogP contribution in [0.15, 0.2) is 24.3 Å². The summed E-state index contributed by atoms with van der Waals surface area (Å²) in [6, 6.07) is 7.50. The van der Waals surface area contributed by atoms with Crippen LogP contribution in [0.25, 0.3) is 0 Å². The smallest absolute Gasteiger partial charge is 0.172 e. The van der Waals surface area contributed by atoms with Crippen molar-refractivity contribution in [2.45, 2.75) is 30.8 Å². The van der Waals surface area contributed by atoms with Crippen LogP contribution in [-0.2, 0) is 10.2 Å². The number of carbonyl (C=O) groups excluding carboxylic acids is 1. The first-order chi connectivity index (χ1) is 7.66. The van der Waals surface area contributed by atoms with Crippen LogP contribution in [-0.4, -0.2) is 17.0 Å². The highest BCUT2D eigenvalue weighted by atomic mass is 35.5. The number of carbonyl (C=O) groups is 1. The Morgan fingerprint density at radius 3 is 2.81 bits per heavy atom. The SMILES string of the molecule is O=C1[C@@H](O)CCC2C[C@@]12c1ccccc1Cl. The van der Waals surface area contributed by atoms with Crippen molar-refractivity contribution < 1.29 is 9.90 Å². The first-order valence-corrected chi connectivity index (χ1v) is 6.01. The standard InChI is InChI=1S/C13H13ClO2/c14-10-4-2-1-3-9(10)13-7-8(13)5-6-11(15)12(13)16/h1-4,8,11,15H,5-7H2/t8?,11-,13+/m0/s1. The molecule has 2 nitrogen and oxygen atoms in total. The maximum atomic E-state index is 12.1. The molecule has 1 aromatic rings. The van der Waals surface area contributed by atoms with Crippen molar-refractivity contribution in [2.75, 3.05) is 0 Å². The molecular weight excluding hydrogens is 224 g/mol. The van der Waals surface area contributed by atoms with Crippen LogP contribution >= 0.6 is 11.6 Å². The second kappa shape index (κ2) is 3.31. The van der Waals surface area contributed by atoms with Gasteiger partial charge in [0.05, 0.1) is 5.41 Å². The topological polar surface area (TPSA) is 37.3 Å². The Bertz CT molecular complexity index is 457. The van der Waals surface area contributed by atoms with Gasteiger partial charge in [-0.2, -0.15) is 0 Å². The Kier molecular flexibility index (Phi) is 2.13. The zero-order chi connectivity index (χ0) is 11.3. The number of aliphatic hydroxyl groups is 1. The van der Waals surface area contributed by atoms with E-state index in [2.05, 4.69) is 0 Å². The minimum Gasteiger partial charge on any atom is -0.385 e. The van der Waals surface area contributed by atoms with Crippen molar-refractivity contribution >= 4 is 17.4 Å². The van der Waals surface area contributed by atoms with Gasteiger partial charge in [0.1, 0.15) is 6.10 Å². The Hall–Kier alpha value is -0.860. The summed E-state index contributed by atoms with van der Waals surface area (Å²) in [5.41, 5.74) is 0.446. The average molecular weight is 237 g/mol. The van der Waals surface area contributed by atoms with E-state index in [4.69, 9.17) is 11.6 Å². The normalized spacial score (nSPS) is 37.0. The highest BCUT2D eigenvalue weighted by molar-refractivity contribution is 6.32. The maximum Gasteiger partial charge on any atom is 0.172 e. The third-order valence-electron chi connectivity index (χ3n) is 3.99. The van der Waals surface area contributed by atoms with E-state index in [1.807, 2.05) is 24.3 Å². The summed E-state index contributed by atoms with van der Waals surface area (Å²) in [7, 11) is 0. The van der Waals surface area contributed by atoms with Gasteiger partial charge in [-0.25, -0.2) is 0 Å². The van der Waals surface area contributed by atoms with Crippen molar-refractivity contribution in [1.82, 2.24) is 0 Å². The van der Waals surface area contributed by atoms with Gasteiger partial charge in [0.15, 0.2) is 5.78 Å². The van der Waals surface area contributed by atoms with Crippen molar-refractivity contribution in [1.29, 1.82) is 0 Å². The van der Waals surface area contributed by atoms with Crippen molar-refractivity contribution in [3.05, 3.63) is 34.9 Å². The van der Waals surface area contributed by atoms with Gasteiger partial charge in [-0.1, -0.05) is 29.8 Å². The number of ketones is 1. The van der Waals surface area contributed by atoms with Gasteiger partial charge in [0.25, 0.3) is 0 Å². The molecule has 0 aliphatic heterocycles. The highest BCUT2D eigenvalue weighted by Gasteiger charge is 2.64. The van der Waals surface area contributed by atoms with Crippen LogP contribution in [0, 0.1) is 5.92 Å². The molecule has 0 aromatic heterocycles. The molecule has 2 fully saturated rings. The van der Waals surface area contributed by atoms with E-state index in [-0.39, 0.29) is 5.78 Å². The lowest BCUT2D eigenvalue weighted by Crippen LogP contribution is -2.37. The number of aliphatic hydroxyl groups excluding tert-OH is 1. The summed E-state index contributed by atoms with van der Waals surface area (Å²) in [4.78, 5) is 12.1. The molecule has 16 heavy (non-hydrogen) atoms. The number of benzene rings is 1. The summed E-state index contributed by atoms with van der Waals surface area (Å²) < 4.78 is 0. The fraction of sp³-hybridized carbons (Fsp3) is 0.462. The molecule has 0 saturated heterocycles. The van der Waals surface area contributed by atoms with Crippen LogP contribution in [0.3, 0.4) is 0 Å². The summed E-state index contributed by atoms with van der Waals surface area (Å²) in [5, 5.41) is 10.3. The predicted octanol–water partition coefficient (Wildman–Crippen LogP) is 2.32. The number of rotatable bonds is 1. The first kappa shape index (κ1) is 10.3. The molecule has 0 heterocycles. The minimum absolute atomic E-state index is 0.0307. The van der Waals surface area contributed by atoms with E-state index in [0.29, 0.717) is 17.4 Å². The molecule has 1 aromatic carbocycles. The van der Waals surface area contributed by atoms with E-state index < -0.39 is 11.5 Å². The number of Topliss-reactive ketones (excluding diaryl/α,β-unsaturated/α-hetero) is 1. The number of hydrogen-bond acceptors (Lipinski definition) is 2. The van der Waals surface area contributed by atoms with Crippen LogP contribution in [0.5, 0.6) is 0 Å². The van der Waals surface area contributed by atoms with E-state index in [1.165, 1.54) is 0 Å². The molecule has 2 aliphatic rings. The van der Waals surface area contributed by atoms with E-state index in [1.54, 1.807) is 0 Å². The molecule has 3 rings (SSSR count). The largest absolute Gasteiger partial charge is 0.385 e. The predicted molar refractivity (Wildman–Crippen MR) is 61.5 cm³/mol. The Morgan fingerprint density at radius 1 is 1.31 bits per heavy atom. The zero-order valence-corrected chi connectivity index (χ0v) is 9.57. The van der Waals surface area contributed by atoms with Crippen molar-refractivity contribution in [2.24, 2.45) is 5.92 Å². The Balaban J connectivity index is 2.07. The first-order valence-electron chi connectivity index (χ1n) is 5.63. The molecule has 0 spiro atoms. The fourth-order valence-corrected chi connectivity index (χ4v) is 3.36. The van der Waals surface area contributed by atoms with Gasteiger partial charge >= 0.3 is 0 Å². The van der Waals surface area contributed by atoms with Gasteiger partial charge in [-0.3, -0.25) is 4.79 Å². The molecule has 1 N–H and O–H groups in total. The molecular formula is C13H13ClO2. The third kappa shape index (κ3) is 1.20.